The topological polar surface area (TPSA) is 67.8 Å². The van der Waals surface area contributed by atoms with E-state index in [9.17, 15) is 4.79 Å². The molecule has 0 aliphatic heterocycles. The Bertz CT molecular complexity index is 1010. The van der Waals surface area contributed by atoms with E-state index in [4.69, 9.17) is 0 Å². The molecule has 0 saturated heterocycles. The van der Waals surface area contributed by atoms with Crippen LogP contribution < -0.4 is 5.32 Å². The Morgan fingerprint density at radius 1 is 1.09 bits per heavy atom. The predicted octanol–water partition coefficient (Wildman–Crippen LogP) is 3.42. The van der Waals surface area contributed by atoms with Gasteiger partial charge in [-0.25, -0.2) is 4.98 Å². The number of fused-ring (bicyclic) bond motifs is 2. The normalized spacial score (nSPS) is 11.0. The molecule has 5 nitrogen and oxygen atoms in total. The van der Waals surface area contributed by atoms with Gasteiger partial charge in [-0.1, -0.05) is 18.2 Å². The first-order valence-electron chi connectivity index (χ1n) is 7.13. The average Bonchev–Trinajstić information content (AvgIpc) is 2.98. The van der Waals surface area contributed by atoms with E-state index in [0.29, 0.717) is 12.1 Å². The van der Waals surface area contributed by atoms with Crippen molar-refractivity contribution >= 4 is 44.2 Å². The van der Waals surface area contributed by atoms with Crippen molar-refractivity contribution in [2.75, 3.05) is 5.32 Å². The van der Waals surface area contributed by atoms with Gasteiger partial charge in [-0.05, 0) is 40.7 Å². The fourth-order valence-corrected chi connectivity index (χ4v) is 3.30. The number of aromatic nitrogens is 3. The minimum absolute atomic E-state index is 0.0660. The summed E-state index contributed by atoms with van der Waals surface area (Å²) in [6, 6.07) is 11.6. The molecule has 4 aromatic rings. The number of hydrogen-bond donors (Lipinski definition) is 1. The van der Waals surface area contributed by atoms with Crippen molar-refractivity contribution in [2.24, 2.45) is 0 Å². The Morgan fingerprint density at radius 2 is 2.04 bits per heavy atom. The third-order valence-electron chi connectivity index (χ3n) is 3.63. The second-order valence-electron chi connectivity index (χ2n) is 5.13. The van der Waals surface area contributed by atoms with Gasteiger partial charge in [0.05, 0.1) is 11.8 Å². The summed E-state index contributed by atoms with van der Waals surface area (Å²) in [6.45, 7) is 0. The predicted molar refractivity (Wildman–Crippen MR) is 91.5 cm³/mol. The molecule has 6 heteroatoms. The maximum Gasteiger partial charge on any atom is 0.229 e. The van der Waals surface area contributed by atoms with Crippen molar-refractivity contribution in [2.45, 2.75) is 6.42 Å². The van der Waals surface area contributed by atoms with Crippen LogP contribution in [0, 0.1) is 0 Å². The van der Waals surface area contributed by atoms with Crippen molar-refractivity contribution in [3.05, 3.63) is 60.6 Å². The van der Waals surface area contributed by atoms with Crippen LogP contribution in [0.5, 0.6) is 0 Å². The molecule has 1 N–H and O–H groups in total. The van der Waals surface area contributed by atoms with Gasteiger partial charge < -0.3 is 5.32 Å². The summed E-state index contributed by atoms with van der Waals surface area (Å²) < 4.78 is 4.24. The van der Waals surface area contributed by atoms with Crippen molar-refractivity contribution in [3.8, 4) is 0 Å². The molecule has 23 heavy (non-hydrogen) atoms. The van der Waals surface area contributed by atoms with E-state index in [1.807, 2.05) is 36.4 Å². The molecule has 112 valence electrons. The number of amides is 1. The van der Waals surface area contributed by atoms with Gasteiger partial charge in [0.1, 0.15) is 5.00 Å². The van der Waals surface area contributed by atoms with Crippen LogP contribution in [0.25, 0.3) is 21.8 Å². The summed E-state index contributed by atoms with van der Waals surface area (Å²) in [5, 5.41) is 6.63. The number of carbonyl (C=O) groups is 1. The SMILES string of the molecule is O=C(Cc1cccc2cnccc12)Nc1snc2ncccc12. The summed E-state index contributed by atoms with van der Waals surface area (Å²) in [7, 11) is 0. The highest BCUT2D eigenvalue weighted by Gasteiger charge is 2.11. The summed E-state index contributed by atoms with van der Waals surface area (Å²) >= 11 is 1.25. The lowest BCUT2D eigenvalue weighted by Crippen LogP contribution is -2.13. The lowest BCUT2D eigenvalue weighted by atomic mass is 10.0. The Kier molecular flexibility index (Phi) is 3.44. The largest absolute Gasteiger partial charge is 0.316 e. The van der Waals surface area contributed by atoms with Crippen LogP contribution in [0.3, 0.4) is 0 Å². The van der Waals surface area contributed by atoms with Gasteiger partial charge in [-0.2, -0.15) is 4.37 Å². The third-order valence-corrected chi connectivity index (χ3v) is 4.40. The molecular formula is C17H12N4OS. The number of anilines is 1. The first-order chi connectivity index (χ1) is 11.3. The van der Waals surface area contributed by atoms with Gasteiger partial charge in [0.2, 0.25) is 5.91 Å². The molecule has 0 fully saturated rings. The minimum Gasteiger partial charge on any atom is -0.316 e. The zero-order valence-electron chi connectivity index (χ0n) is 12.1. The number of rotatable bonds is 3. The van der Waals surface area contributed by atoms with E-state index in [1.54, 1.807) is 18.6 Å². The van der Waals surface area contributed by atoms with Crippen molar-refractivity contribution in [1.29, 1.82) is 0 Å². The minimum atomic E-state index is -0.0660. The fraction of sp³-hybridized carbons (Fsp3) is 0.0588. The molecule has 0 saturated carbocycles. The van der Waals surface area contributed by atoms with Gasteiger partial charge >= 0.3 is 0 Å². The standard InChI is InChI=1S/C17H12N4OS/c22-15(20-17-14-5-2-7-19-16(14)21-23-17)9-11-3-1-4-12-10-18-8-6-13(11)12/h1-8,10H,9H2,(H,20,22). The van der Waals surface area contributed by atoms with Crippen LogP contribution >= 0.6 is 11.5 Å². The van der Waals surface area contributed by atoms with Crippen LogP contribution in [0.15, 0.2) is 55.0 Å². The van der Waals surface area contributed by atoms with E-state index in [0.717, 1.165) is 26.7 Å². The molecule has 4 rings (SSSR count). The maximum absolute atomic E-state index is 12.4. The highest BCUT2D eigenvalue weighted by atomic mass is 32.1. The molecule has 0 aliphatic rings. The number of carbonyl (C=O) groups excluding carboxylic acids is 1. The van der Waals surface area contributed by atoms with Gasteiger partial charge in [0.25, 0.3) is 0 Å². The first-order valence-corrected chi connectivity index (χ1v) is 7.90. The quantitative estimate of drug-likeness (QED) is 0.628. The maximum atomic E-state index is 12.4. The van der Waals surface area contributed by atoms with Crippen LogP contribution in [0.1, 0.15) is 5.56 Å². The van der Waals surface area contributed by atoms with E-state index in [2.05, 4.69) is 19.7 Å². The zero-order chi connectivity index (χ0) is 15.6. The second kappa shape index (κ2) is 5.73. The molecule has 0 spiro atoms. The molecule has 1 aromatic carbocycles. The number of nitrogens with zero attached hydrogens (tertiary/aromatic N) is 3. The van der Waals surface area contributed by atoms with Crippen molar-refractivity contribution < 1.29 is 4.79 Å². The molecule has 0 aliphatic carbocycles. The van der Waals surface area contributed by atoms with Crippen LogP contribution in [0.2, 0.25) is 0 Å². The van der Waals surface area contributed by atoms with E-state index >= 15 is 0 Å². The molecule has 3 heterocycles. The zero-order valence-corrected chi connectivity index (χ0v) is 12.9. The highest BCUT2D eigenvalue weighted by molar-refractivity contribution is 7.12. The summed E-state index contributed by atoms with van der Waals surface area (Å²) in [5.74, 6) is -0.0660. The Balaban J connectivity index is 1.60. The van der Waals surface area contributed by atoms with E-state index in [-0.39, 0.29) is 5.91 Å². The number of nitrogens with one attached hydrogen (secondary N) is 1. The summed E-state index contributed by atoms with van der Waals surface area (Å²) in [4.78, 5) is 20.7. The van der Waals surface area contributed by atoms with Crippen LogP contribution in [-0.2, 0) is 11.2 Å². The second-order valence-corrected chi connectivity index (χ2v) is 5.90. The Labute approximate surface area is 136 Å². The fourth-order valence-electron chi connectivity index (χ4n) is 2.56. The Hall–Kier alpha value is -2.86. The Morgan fingerprint density at radius 3 is 3.00 bits per heavy atom. The third kappa shape index (κ3) is 2.64. The molecule has 0 radical (unpaired) electrons. The first kappa shape index (κ1) is 13.8. The van der Waals surface area contributed by atoms with Crippen molar-refractivity contribution in [3.63, 3.8) is 0 Å². The number of pyridine rings is 2. The number of benzene rings is 1. The molecular weight excluding hydrogens is 308 g/mol. The van der Waals surface area contributed by atoms with E-state index < -0.39 is 0 Å². The molecule has 3 aromatic heterocycles. The molecule has 0 atom stereocenters. The molecule has 0 unspecified atom stereocenters. The van der Waals surface area contributed by atoms with Crippen LogP contribution in [0.4, 0.5) is 5.00 Å². The summed E-state index contributed by atoms with van der Waals surface area (Å²) in [6.07, 6.45) is 5.55. The lowest BCUT2D eigenvalue weighted by Gasteiger charge is -2.06. The van der Waals surface area contributed by atoms with E-state index in [1.165, 1.54) is 11.5 Å². The highest BCUT2D eigenvalue weighted by Crippen LogP contribution is 2.26. The molecule has 1 amide bonds. The van der Waals surface area contributed by atoms with Gasteiger partial charge in [0, 0.05) is 24.0 Å². The van der Waals surface area contributed by atoms with Gasteiger partial charge in [-0.3, -0.25) is 9.78 Å². The van der Waals surface area contributed by atoms with Gasteiger partial charge in [-0.15, -0.1) is 0 Å². The summed E-state index contributed by atoms with van der Waals surface area (Å²) in [5.41, 5.74) is 1.64. The van der Waals surface area contributed by atoms with Gasteiger partial charge in [0.15, 0.2) is 5.65 Å². The lowest BCUT2D eigenvalue weighted by molar-refractivity contribution is -0.115. The van der Waals surface area contributed by atoms with Crippen molar-refractivity contribution in [1.82, 2.24) is 14.3 Å². The average molecular weight is 320 g/mol. The number of hydrogen-bond acceptors (Lipinski definition) is 5. The van der Waals surface area contributed by atoms with Crippen LogP contribution in [-0.4, -0.2) is 20.2 Å². The monoisotopic (exact) mass is 320 g/mol. The smallest absolute Gasteiger partial charge is 0.229 e. The molecule has 0 bridgehead atoms.